The molecule has 0 fully saturated rings. The second-order valence-corrected chi connectivity index (χ2v) is 11.0. The predicted octanol–water partition coefficient (Wildman–Crippen LogP) is 4.56. The van der Waals surface area contributed by atoms with Crippen molar-refractivity contribution in [1.82, 2.24) is 14.5 Å². The molecule has 1 unspecified atom stereocenters. The molecule has 0 spiro atoms. The van der Waals surface area contributed by atoms with Gasteiger partial charge in [0.05, 0.1) is 17.2 Å². The third-order valence-electron chi connectivity index (χ3n) is 6.28. The lowest BCUT2D eigenvalue weighted by molar-refractivity contribution is -0.131. The molecule has 30 heavy (non-hydrogen) atoms. The molecule has 5 nitrogen and oxygen atoms in total. The summed E-state index contributed by atoms with van der Waals surface area (Å²) in [5, 5.41) is 3.58. The summed E-state index contributed by atoms with van der Waals surface area (Å²) in [4.78, 5) is 36.5. The lowest BCUT2D eigenvalue weighted by atomic mass is 9.97. The van der Waals surface area contributed by atoms with Crippen LogP contribution >= 0.6 is 34.4 Å². The van der Waals surface area contributed by atoms with Crippen LogP contribution in [0.3, 0.4) is 0 Å². The van der Waals surface area contributed by atoms with Gasteiger partial charge < -0.3 is 4.90 Å². The Morgan fingerprint density at radius 2 is 2.10 bits per heavy atom. The first-order valence-electron chi connectivity index (χ1n) is 10.6. The summed E-state index contributed by atoms with van der Waals surface area (Å²) in [6.45, 7) is 2.91. The van der Waals surface area contributed by atoms with Crippen LogP contribution in [0.15, 0.2) is 21.4 Å². The van der Waals surface area contributed by atoms with Crippen LogP contribution in [0, 0.1) is 0 Å². The molecule has 4 heterocycles. The van der Waals surface area contributed by atoms with Crippen LogP contribution in [0.4, 0.5) is 0 Å². The number of thioether (sulfide) groups is 1. The maximum Gasteiger partial charge on any atom is 0.262 e. The lowest BCUT2D eigenvalue weighted by Gasteiger charge is -2.35. The number of hydrogen-bond donors (Lipinski definition) is 0. The number of amides is 1. The topological polar surface area (TPSA) is 55.2 Å². The number of rotatable bonds is 4. The second kappa shape index (κ2) is 8.13. The molecule has 8 heteroatoms. The summed E-state index contributed by atoms with van der Waals surface area (Å²) < 4.78 is 1.63. The number of hydrogen-bond acceptors (Lipinski definition) is 6. The first kappa shape index (κ1) is 20.3. The van der Waals surface area contributed by atoms with E-state index in [1.165, 1.54) is 39.1 Å². The molecule has 1 aliphatic heterocycles. The van der Waals surface area contributed by atoms with Crippen molar-refractivity contribution in [2.75, 3.05) is 12.3 Å². The molecule has 0 saturated carbocycles. The van der Waals surface area contributed by atoms with E-state index in [1.807, 2.05) is 4.90 Å². The SMILES string of the molecule is CCC1c2ccsc2CCN1C(=O)CSc1nc2sc3c(c2c(=O)n1C)CCCC3. The third kappa shape index (κ3) is 3.33. The van der Waals surface area contributed by atoms with Gasteiger partial charge in [-0.1, -0.05) is 18.7 Å². The normalized spacial score (nSPS) is 18.5. The van der Waals surface area contributed by atoms with Gasteiger partial charge in [0.25, 0.3) is 5.56 Å². The molecule has 0 N–H and O–H groups in total. The first-order valence-corrected chi connectivity index (χ1v) is 13.3. The Labute approximate surface area is 188 Å². The molecule has 1 aliphatic carbocycles. The van der Waals surface area contributed by atoms with Crippen LogP contribution in [0.25, 0.3) is 10.2 Å². The summed E-state index contributed by atoms with van der Waals surface area (Å²) in [6, 6.07) is 2.33. The van der Waals surface area contributed by atoms with Gasteiger partial charge in [-0.15, -0.1) is 22.7 Å². The highest BCUT2D eigenvalue weighted by Gasteiger charge is 2.30. The van der Waals surface area contributed by atoms with Crippen molar-refractivity contribution in [2.45, 2.75) is 56.6 Å². The summed E-state index contributed by atoms with van der Waals surface area (Å²) in [6.07, 6.45) is 6.23. The van der Waals surface area contributed by atoms with Crippen molar-refractivity contribution in [3.63, 3.8) is 0 Å². The van der Waals surface area contributed by atoms with E-state index < -0.39 is 0 Å². The van der Waals surface area contributed by atoms with Crippen LogP contribution in [0.2, 0.25) is 0 Å². The van der Waals surface area contributed by atoms with E-state index in [-0.39, 0.29) is 17.5 Å². The molecule has 0 radical (unpaired) electrons. The number of aryl methyl sites for hydroxylation is 2. The number of aromatic nitrogens is 2. The van der Waals surface area contributed by atoms with Gasteiger partial charge in [-0.2, -0.15) is 0 Å². The van der Waals surface area contributed by atoms with Gasteiger partial charge in [-0.3, -0.25) is 14.2 Å². The predicted molar refractivity (Wildman–Crippen MR) is 125 cm³/mol. The van der Waals surface area contributed by atoms with Gasteiger partial charge in [0.1, 0.15) is 4.83 Å². The van der Waals surface area contributed by atoms with Crippen LogP contribution < -0.4 is 5.56 Å². The molecule has 1 atom stereocenters. The summed E-state index contributed by atoms with van der Waals surface area (Å²) >= 11 is 4.85. The van der Waals surface area contributed by atoms with Gasteiger partial charge in [0.15, 0.2) is 5.16 Å². The molecule has 0 saturated heterocycles. The van der Waals surface area contributed by atoms with Crippen LogP contribution in [0.1, 0.15) is 53.1 Å². The number of thiophene rings is 2. The van der Waals surface area contributed by atoms with E-state index in [1.54, 1.807) is 34.3 Å². The van der Waals surface area contributed by atoms with E-state index in [4.69, 9.17) is 4.98 Å². The zero-order chi connectivity index (χ0) is 20.8. The van der Waals surface area contributed by atoms with E-state index >= 15 is 0 Å². The standard InChI is InChI=1S/C22H25N3O2S3/c1-3-15-13-9-11-28-16(13)8-10-25(15)18(26)12-29-22-23-20-19(21(27)24(22)2)14-6-4-5-7-17(14)30-20/h9,11,15H,3-8,10,12H2,1-2H3. The summed E-state index contributed by atoms with van der Waals surface area (Å²) in [7, 11) is 1.78. The quantitative estimate of drug-likeness (QED) is 0.424. The van der Waals surface area contributed by atoms with E-state index in [2.05, 4.69) is 18.4 Å². The molecule has 3 aromatic heterocycles. The fraction of sp³-hybridized carbons (Fsp3) is 0.500. The zero-order valence-electron chi connectivity index (χ0n) is 17.3. The fourth-order valence-corrected chi connectivity index (χ4v) is 7.83. The Kier molecular flexibility index (Phi) is 5.49. The van der Waals surface area contributed by atoms with Crippen molar-refractivity contribution in [2.24, 2.45) is 7.05 Å². The molecule has 3 aromatic rings. The lowest BCUT2D eigenvalue weighted by Crippen LogP contribution is -2.40. The van der Waals surface area contributed by atoms with Crippen molar-refractivity contribution >= 4 is 50.6 Å². The Balaban J connectivity index is 1.38. The minimum Gasteiger partial charge on any atom is -0.335 e. The average Bonchev–Trinajstić information content (AvgIpc) is 3.38. The molecule has 0 aromatic carbocycles. The number of carbonyl (C=O) groups is 1. The van der Waals surface area contributed by atoms with Gasteiger partial charge >= 0.3 is 0 Å². The average molecular weight is 460 g/mol. The number of nitrogens with zero attached hydrogens (tertiary/aromatic N) is 3. The van der Waals surface area contributed by atoms with Crippen molar-refractivity contribution in [1.29, 1.82) is 0 Å². The van der Waals surface area contributed by atoms with Gasteiger partial charge in [-0.05, 0) is 61.1 Å². The molecule has 1 amide bonds. The van der Waals surface area contributed by atoms with Gasteiger partial charge in [0, 0.05) is 23.3 Å². The van der Waals surface area contributed by atoms with Crippen LogP contribution in [-0.2, 0) is 31.1 Å². The summed E-state index contributed by atoms with van der Waals surface area (Å²) in [5.74, 6) is 0.441. The maximum atomic E-state index is 13.1. The molecule has 2 aliphatic rings. The Morgan fingerprint density at radius 3 is 2.93 bits per heavy atom. The van der Waals surface area contributed by atoms with Gasteiger partial charge in [-0.25, -0.2) is 4.98 Å². The smallest absolute Gasteiger partial charge is 0.262 e. The van der Waals surface area contributed by atoms with Crippen LogP contribution in [0.5, 0.6) is 0 Å². The van der Waals surface area contributed by atoms with E-state index in [0.717, 1.165) is 48.9 Å². The Hall–Kier alpha value is -1.64. The Morgan fingerprint density at radius 1 is 1.27 bits per heavy atom. The highest BCUT2D eigenvalue weighted by Crippen LogP contribution is 2.37. The van der Waals surface area contributed by atoms with Crippen molar-refractivity contribution in [3.8, 4) is 0 Å². The minimum atomic E-state index is 0.0293. The molecular weight excluding hydrogens is 434 g/mol. The van der Waals surface area contributed by atoms with Crippen molar-refractivity contribution < 1.29 is 4.79 Å². The molecule has 5 rings (SSSR count). The van der Waals surface area contributed by atoms with E-state index in [0.29, 0.717) is 10.9 Å². The van der Waals surface area contributed by atoms with Crippen molar-refractivity contribution in [3.05, 3.63) is 42.7 Å². The zero-order valence-corrected chi connectivity index (χ0v) is 19.7. The largest absolute Gasteiger partial charge is 0.335 e. The van der Waals surface area contributed by atoms with Gasteiger partial charge in [0.2, 0.25) is 5.91 Å². The minimum absolute atomic E-state index is 0.0293. The monoisotopic (exact) mass is 459 g/mol. The molecular formula is C22H25N3O2S3. The van der Waals surface area contributed by atoms with Crippen LogP contribution in [-0.4, -0.2) is 32.7 Å². The first-order chi connectivity index (χ1) is 14.6. The Bertz CT molecular complexity index is 1180. The van der Waals surface area contributed by atoms with E-state index in [9.17, 15) is 9.59 Å². The number of carbonyl (C=O) groups excluding carboxylic acids is 1. The maximum absolute atomic E-state index is 13.1. The fourth-order valence-electron chi connectivity index (χ4n) is 4.74. The molecule has 0 bridgehead atoms. The third-order valence-corrected chi connectivity index (χ3v) is 9.48. The highest BCUT2D eigenvalue weighted by atomic mass is 32.2. The number of fused-ring (bicyclic) bond motifs is 4. The second-order valence-electron chi connectivity index (χ2n) is 8.00. The highest BCUT2D eigenvalue weighted by molar-refractivity contribution is 7.99. The molecule has 158 valence electrons. The summed E-state index contributed by atoms with van der Waals surface area (Å²) in [5.41, 5.74) is 2.55.